The first-order valence-electron chi connectivity index (χ1n) is 7.91. The van der Waals surface area contributed by atoms with E-state index in [0.717, 1.165) is 43.4 Å². The van der Waals surface area contributed by atoms with Gasteiger partial charge in [0.05, 0.1) is 19.3 Å². The molecule has 1 amide bonds. The Labute approximate surface area is 148 Å². The molecular weight excluding hydrogens is 328 g/mol. The zero-order valence-electron chi connectivity index (χ0n) is 13.8. The molecule has 0 saturated carbocycles. The van der Waals surface area contributed by atoms with Gasteiger partial charge in [-0.15, -0.1) is 12.4 Å². The maximum atomic E-state index is 11.8. The quantitative estimate of drug-likeness (QED) is 0.888. The van der Waals surface area contributed by atoms with E-state index < -0.39 is 0 Å². The van der Waals surface area contributed by atoms with Crippen molar-refractivity contribution in [1.29, 1.82) is 0 Å². The fourth-order valence-electron chi connectivity index (χ4n) is 2.73. The normalized spacial score (nSPS) is 15.1. The molecule has 2 aromatic rings. The lowest BCUT2D eigenvalue weighted by atomic mass is 10.2. The van der Waals surface area contributed by atoms with Crippen LogP contribution in [-0.4, -0.2) is 60.5 Å². The SMILES string of the molecule is CNCC(=O)N1CCN(Cc2ncc(-c3ccccc3)o2)CC1.Cl. The number of nitrogens with zero attached hydrogens (tertiary/aromatic N) is 3. The average molecular weight is 351 g/mol. The number of likely N-dealkylation sites (N-methyl/N-ethyl adjacent to an activating group) is 1. The third kappa shape index (κ3) is 4.56. The first-order chi connectivity index (χ1) is 11.3. The second kappa shape index (κ2) is 8.82. The summed E-state index contributed by atoms with van der Waals surface area (Å²) >= 11 is 0. The van der Waals surface area contributed by atoms with Crippen LogP contribution in [0.2, 0.25) is 0 Å². The topological polar surface area (TPSA) is 61.6 Å². The van der Waals surface area contributed by atoms with Crippen molar-refractivity contribution < 1.29 is 9.21 Å². The van der Waals surface area contributed by atoms with Gasteiger partial charge in [-0.25, -0.2) is 4.98 Å². The summed E-state index contributed by atoms with van der Waals surface area (Å²) in [6, 6.07) is 9.97. The van der Waals surface area contributed by atoms with E-state index in [0.29, 0.717) is 13.1 Å². The molecule has 0 unspecified atom stereocenters. The number of halogens is 1. The Morgan fingerprint density at radius 2 is 1.92 bits per heavy atom. The number of oxazole rings is 1. The molecule has 1 aliphatic heterocycles. The fraction of sp³-hybridized carbons (Fsp3) is 0.412. The number of hydrogen-bond acceptors (Lipinski definition) is 5. The van der Waals surface area contributed by atoms with Crippen LogP contribution in [-0.2, 0) is 11.3 Å². The molecule has 2 heterocycles. The largest absolute Gasteiger partial charge is 0.439 e. The summed E-state index contributed by atoms with van der Waals surface area (Å²) in [4.78, 5) is 20.4. The average Bonchev–Trinajstić information content (AvgIpc) is 3.05. The smallest absolute Gasteiger partial charge is 0.236 e. The van der Waals surface area contributed by atoms with Crippen LogP contribution < -0.4 is 5.32 Å². The van der Waals surface area contributed by atoms with Crippen molar-refractivity contribution in [3.8, 4) is 11.3 Å². The molecule has 1 fully saturated rings. The summed E-state index contributed by atoms with van der Waals surface area (Å²) in [5, 5.41) is 2.90. The standard InChI is InChI=1S/C17H22N4O2.ClH/c1-18-12-17(22)21-9-7-20(8-10-21)13-16-19-11-15(23-16)14-5-3-2-4-6-14;/h2-6,11,18H,7-10,12-13H2,1H3;1H. The minimum atomic E-state index is 0. The zero-order chi connectivity index (χ0) is 16.1. The molecule has 1 aromatic heterocycles. The first-order valence-corrected chi connectivity index (χ1v) is 7.91. The Hall–Kier alpha value is -1.89. The monoisotopic (exact) mass is 350 g/mol. The highest BCUT2D eigenvalue weighted by molar-refractivity contribution is 5.85. The second-order valence-corrected chi connectivity index (χ2v) is 5.67. The highest BCUT2D eigenvalue weighted by Crippen LogP contribution is 2.20. The number of nitrogens with one attached hydrogen (secondary N) is 1. The molecule has 0 radical (unpaired) electrons. The van der Waals surface area contributed by atoms with Crippen molar-refractivity contribution in [2.75, 3.05) is 39.8 Å². The minimum Gasteiger partial charge on any atom is -0.439 e. The van der Waals surface area contributed by atoms with Gasteiger partial charge in [-0.05, 0) is 7.05 Å². The van der Waals surface area contributed by atoms with E-state index in [-0.39, 0.29) is 18.3 Å². The van der Waals surface area contributed by atoms with Crippen molar-refractivity contribution in [1.82, 2.24) is 20.1 Å². The van der Waals surface area contributed by atoms with Gasteiger partial charge < -0.3 is 14.6 Å². The second-order valence-electron chi connectivity index (χ2n) is 5.67. The van der Waals surface area contributed by atoms with Gasteiger partial charge in [-0.1, -0.05) is 30.3 Å². The summed E-state index contributed by atoms with van der Waals surface area (Å²) in [6.07, 6.45) is 1.78. The molecular formula is C17H23ClN4O2. The molecule has 7 heteroatoms. The highest BCUT2D eigenvalue weighted by atomic mass is 35.5. The van der Waals surface area contributed by atoms with E-state index in [2.05, 4.69) is 15.2 Å². The maximum Gasteiger partial charge on any atom is 0.236 e. The number of aromatic nitrogens is 1. The van der Waals surface area contributed by atoms with Gasteiger partial charge in [0.15, 0.2) is 5.76 Å². The number of carbonyl (C=O) groups is 1. The summed E-state index contributed by atoms with van der Waals surface area (Å²) < 4.78 is 5.84. The molecule has 3 rings (SSSR count). The van der Waals surface area contributed by atoms with Gasteiger partial charge in [0.2, 0.25) is 11.8 Å². The number of amides is 1. The number of rotatable bonds is 5. The highest BCUT2D eigenvalue weighted by Gasteiger charge is 2.21. The molecule has 6 nitrogen and oxygen atoms in total. The number of carbonyl (C=O) groups excluding carboxylic acids is 1. The van der Waals surface area contributed by atoms with Crippen molar-refractivity contribution in [3.05, 3.63) is 42.4 Å². The zero-order valence-corrected chi connectivity index (χ0v) is 14.6. The molecule has 1 saturated heterocycles. The van der Waals surface area contributed by atoms with Crippen molar-refractivity contribution in [2.24, 2.45) is 0 Å². The molecule has 24 heavy (non-hydrogen) atoms. The Bertz CT molecular complexity index is 639. The summed E-state index contributed by atoms with van der Waals surface area (Å²) in [5.74, 6) is 1.68. The van der Waals surface area contributed by atoms with Crippen LogP contribution in [0.5, 0.6) is 0 Å². The van der Waals surface area contributed by atoms with E-state index in [1.54, 1.807) is 13.2 Å². The number of hydrogen-bond donors (Lipinski definition) is 1. The van der Waals surface area contributed by atoms with Gasteiger partial charge >= 0.3 is 0 Å². The van der Waals surface area contributed by atoms with Crippen LogP contribution in [0.15, 0.2) is 40.9 Å². The Morgan fingerprint density at radius 1 is 1.21 bits per heavy atom. The number of piperazine rings is 1. The van der Waals surface area contributed by atoms with Crippen LogP contribution in [0.4, 0.5) is 0 Å². The van der Waals surface area contributed by atoms with Gasteiger partial charge in [0.25, 0.3) is 0 Å². The van der Waals surface area contributed by atoms with Crippen LogP contribution in [0.3, 0.4) is 0 Å². The maximum absolute atomic E-state index is 11.8. The van der Waals surface area contributed by atoms with Crippen LogP contribution in [0.1, 0.15) is 5.89 Å². The van der Waals surface area contributed by atoms with E-state index in [9.17, 15) is 4.79 Å². The Morgan fingerprint density at radius 3 is 2.58 bits per heavy atom. The molecule has 1 N–H and O–H groups in total. The predicted octanol–water partition coefficient (Wildman–Crippen LogP) is 1.63. The Kier molecular flexibility index (Phi) is 6.78. The fourth-order valence-corrected chi connectivity index (χ4v) is 2.73. The lowest BCUT2D eigenvalue weighted by Gasteiger charge is -2.34. The van der Waals surface area contributed by atoms with E-state index in [4.69, 9.17) is 4.42 Å². The van der Waals surface area contributed by atoms with Crippen LogP contribution >= 0.6 is 12.4 Å². The summed E-state index contributed by atoms with van der Waals surface area (Å²) in [7, 11) is 1.79. The van der Waals surface area contributed by atoms with Gasteiger partial charge in [0, 0.05) is 31.7 Å². The van der Waals surface area contributed by atoms with Gasteiger partial charge in [0.1, 0.15) is 0 Å². The van der Waals surface area contributed by atoms with Crippen LogP contribution in [0, 0.1) is 0 Å². The molecule has 0 atom stereocenters. The Balaban J connectivity index is 0.00000208. The third-order valence-electron chi connectivity index (χ3n) is 4.02. The summed E-state index contributed by atoms with van der Waals surface area (Å²) in [6.45, 7) is 4.29. The van der Waals surface area contributed by atoms with E-state index in [1.165, 1.54) is 0 Å². The van der Waals surface area contributed by atoms with Crippen molar-refractivity contribution in [3.63, 3.8) is 0 Å². The molecule has 130 valence electrons. The molecule has 0 spiro atoms. The van der Waals surface area contributed by atoms with Gasteiger partial charge in [-0.2, -0.15) is 0 Å². The lowest BCUT2D eigenvalue weighted by Crippen LogP contribution is -2.50. The van der Waals surface area contributed by atoms with E-state index in [1.807, 2.05) is 35.2 Å². The van der Waals surface area contributed by atoms with Gasteiger partial charge in [-0.3, -0.25) is 9.69 Å². The molecule has 0 aliphatic carbocycles. The minimum absolute atomic E-state index is 0. The third-order valence-corrected chi connectivity index (χ3v) is 4.02. The molecule has 0 bridgehead atoms. The molecule has 1 aliphatic rings. The first kappa shape index (κ1) is 18.4. The lowest BCUT2D eigenvalue weighted by molar-refractivity contribution is -0.131. The van der Waals surface area contributed by atoms with Crippen molar-refractivity contribution in [2.45, 2.75) is 6.54 Å². The van der Waals surface area contributed by atoms with Crippen LogP contribution in [0.25, 0.3) is 11.3 Å². The van der Waals surface area contributed by atoms with E-state index >= 15 is 0 Å². The summed E-state index contributed by atoms with van der Waals surface area (Å²) in [5.41, 5.74) is 1.04. The number of benzene rings is 1. The predicted molar refractivity (Wildman–Crippen MR) is 95.0 cm³/mol. The van der Waals surface area contributed by atoms with Crippen molar-refractivity contribution >= 4 is 18.3 Å². The molecule has 1 aromatic carbocycles.